The smallest absolute Gasteiger partial charge is 0.237 e. The maximum atomic E-state index is 11.7. The van der Waals surface area contributed by atoms with E-state index in [9.17, 15) is 4.79 Å². The predicted molar refractivity (Wildman–Crippen MR) is 70.7 cm³/mol. The summed E-state index contributed by atoms with van der Waals surface area (Å²) < 4.78 is 2.09. The van der Waals surface area contributed by atoms with Gasteiger partial charge in [-0.1, -0.05) is 0 Å². The Hall–Kier alpha value is -1.40. The van der Waals surface area contributed by atoms with E-state index >= 15 is 0 Å². The van der Waals surface area contributed by atoms with Gasteiger partial charge in [0.2, 0.25) is 5.91 Å². The molecular formula is C12H16N4OS. The minimum Gasteiger partial charge on any atom is -0.355 e. The average Bonchev–Trinajstić information content (AvgIpc) is 2.90. The first kappa shape index (κ1) is 11.7. The summed E-state index contributed by atoms with van der Waals surface area (Å²) >= 11 is 1.63. The molecule has 96 valence electrons. The molecule has 18 heavy (non-hydrogen) atoms. The zero-order valence-corrected chi connectivity index (χ0v) is 11.1. The van der Waals surface area contributed by atoms with E-state index in [0.717, 1.165) is 35.7 Å². The van der Waals surface area contributed by atoms with E-state index in [4.69, 9.17) is 0 Å². The second kappa shape index (κ2) is 4.70. The molecule has 1 fully saturated rings. The summed E-state index contributed by atoms with van der Waals surface area (Å²) in [6, 6.07) is -0.0673. The average molecular weight is 264 g/mol. The maximum absolute atomic E-state index is 11.7. The van der Waals surface area contributed by atoms with Crippen LogP contribution in [-0.2, 0) is 11.3 Å². The summed E-state index contributed by atoms with van der Waals surface area (Å²) in [4.78, 5) is 17.2. The molecule has 1 saturated heterocycles. The van der Waals surface area contributed by atoms with Crippen molar-refractivity contribution in [2.75, 3.05) is 6.54 Å². The number of hydrogen-bond donors (Lipinski definition) is 2. The Balaban J connectivity index is 1.74. The summed E-state index contributed by atoms with van der Waals surface area (Å²) in [5.41, 5.74) is 2.18. The third-order valence-corrected chi connectivity index (χ3v) is 4.12. The number of imidazole rings is 1. The Morgan fingerprint density at radius 3 is 3.39 bits per heavy atom. The topological polar surface area (TPSA) is 58.4 Å². The van der Waals surface area contributed by atoms with Crippen LogP contribution >= 0.6 is 11.3 Å². The number of nitrogens with one attached hydrogen (secondary N) is 2. The van der Waals surface area contributed by atoms with Gasteiger partial charge in [0.15, 0.2) is 4.96 Å². The minimum atomic E-state index is -0.0673. The van der Waals surface area contributed by atoms with E-state index < -0.39 is 0 Å². The van der Waals surface area contributed by atoms with Gasteiger partial charge in [-0.3, -0.25) is 9.20 Å². The Bertz CT molecular complexity index is 574. The van der Waals surface area contributed by atoms with Gasteiger partial charge in [-0.05, 0) is 19.8 Å². The van der Waals surface area contributed by atoms with E-state index in [-0.39, 0.29) is 11.9 Å². The van der Waals surface area contributed by atoms with Crippen molar-refractivity contribution in [2.45, 2.75) is 32.4 Å². The lowest BCUT2D eigenvalue weighted by Gasteiger charge is -2.22. The number of nitrogens with zero attached hydrogens (tertiary/aromatic N) is 2. The van der Waals surface area contributed by atoms with Crippen LogP contribution in [0.25, 0.3) is 4.96 Å². The number of piperidine rings is 1. The normalized spacial score (nSPS) is 20.3. The van der Waals surface area contributed by atoms with Crippen molar-refractivity contribution >= 4 is 22.2 Å². The zero-order chi connectivity index (χ0) is 12.5. The van der Waals surface area contributed by atoms with E-state index in [1.54, 1.807) is 11.3 Å². The molecule has 1 atom stereocenters. The molecule has 1 aliphatic heterocycles. The van der Waals surface area contributed by atoms with Crippen LogP contribution in [0.1, 0.15) is 24.2 Å². The number of aryl methyl sites for hydroxylation is 1. The highest BCUT2D eigenvalue weighted by Crippen LogP contribution is 2.17. The number of carbonyl (C=O) groups excluding carboxylic acids is 1. The van der Waals surface area contributed by atoms with Crippen LogP contribution in [0.15, 0.2) is 11.6 Å². The molecule has 3 rings (SSSR count). The third kappa shape index (κ3) is 2.02. The van der Waals surface area contributed by atoms with Crippen LogP contribution in [0.3, 0.4) is 0 Å². The van der Waals surface area contributed by atoms with E-state index in [0.29, 0.717) is 6.54 Å². The second-order valence-corrected chi connectivity index (χ2v) is 5.44. The summed E-state index contributed by atoms with van der Waals surface area (Å²) in [5, 5.41) is 8.24. The number of fused-ring (bicyclic) bond motifs is 1. The van der Waals surface area contributed by atoms with Gasteiger partial charge in [-0.2, -0.15) is 0 Å². The van der Waals surface area contributed by atoms with Crippen LogP contribution in [0.2, 0.25) is 0 Å². The first-order valence-electron chi connectivity index (χ1n) is 6.18. The molecule has 6 heteroatoms. The summed E-state index contributed by atoms with van der Waals surface area (Å²) in [5.74, 6) is 0.116. The second-order valence-electron chi connectivity index (χ2n) is 4.57. The van der Waals surface area contributed by atoms with E-state index in [1.807, 2.05) is 18.5 Å². The summed E-state index contributed by atoms with van der Waals surface area (Å²) in [6.45, 7) is 3.50. The van der Waals surface area contributed by atoms with Gasteiger partial charge in [0, 0.05) is 24.7 Å². The van der Waals surface area contributed by atoms with Gasteiger partial charge in [0.25, 0.3) is 0 Å². The van der Waals surface area contributed by atoms with Crippen molar-refractivity contribution in [3.63, 3.8) is 0 Å². The predicted octanol–water partition coefficient (Wildman–Crippen LogP) is 1.07. The van der Waals surface area contributed by atoms with E-state index in [1.165, 1.54) is 0 Å². The number of hydrogen-bond acceptors (Lipinski definition) is 4. The molecule has 5 nitrogen and oxygen atoms in total. The van der Waals surface area contributed by atoms with Crippen molar-refractivity contribution in [1.82, 2.24) is 20.0 Å². The van der Waals surface area contributed by atoms with Crippen molar-refractivity contribution in [3.05, 3.63) is 23.0 Å². The quantitative estimate of drug-likeness (QED) is 0.872. The standard InChI is InChI=1S/C12H16N4OS/c1-8-10(16-5-6-18-12(16)15-8)7-14-9-3-2-4-13-11(9)17/h5-6,9,14H,2-4,7H2,1H3,(H,13,17). The summed E-state index contributed by atoms with van der Waals surface area (Å²) in [7, 11) is 0. The van der Waals surface area contributed by atoms with Crippen LogP contribution in [0, 0.1) is 6.92 Å². The van der Waals surface area contributed by atoms with Crippen LogP contribution in [-0.4, -0.2) is 27.9 Å². The first-order valence-corrected chi connectivity index (χ1v) is 7.06. The highest BCUT2D eigenvalue weighted by Gasteiger charge is 2.22. The van der Waals surface area contributed by atoms with E-state index in [2.05, 4.69) is 20.0 Å². The van der Waals surface area contributed by atoms with Crippen molar-refractivity contribution in [2.24, 2.45) is 0 Å². The fourth-order valence-electron chi connectivity index (χ4n) is 2.34. The molecule has 1 amide bonds. The molecule has 0 radical (unpaired) electrons. The van der Waals surface area contributed by atoms with Gasteiger partial charge in [0.05, 0.1) is 17.4 Å². The van der Waals surface area contributed by atoms with Crippen molar-refractivity contribution in [3.8, 4) is 0 Å². The molecular weight excluding hydrogens is 248 g/mol. The molecule has 2 N–H and O–H groups in total. The Labute approximate surface area is 109 Å². The molecule has 0 aliphatic carbocycles. The Morgan fingerprint density at radius 1 is 1.67 bits per heavy atom. The summed E-state index contributed by atoms with van der Waals surface area (Å²) in [6.07, 6.45) is 3.98. The Morgan fingerprint density at radius 2 is 2.56 bits per heavy atom. The van der Waals surface area contributed by atoms with Crippen LogP contribution < -0.4 is 10.6 Å². The van der Waals surface area contributed by atoms with Crippen LogP contribution in [0.5, 0.6) is 0 Å². The highest BCUT2D eigenvalue weighted by atomic mass is 32.1. The molecule has 0 spiro atoms. The molecule has 1 unspecified atom stereocenters. The van der Waals surface area contributed by atoms with Gasteiger partial charge >= 0.3 is 0 Å². The van der Waals surface area contributed by atoms with Gasteiger partial charge < -0.3 is 10.6 Å². The lowest BCUT2D eigenvalue weighted by molar-refractivity contribution is -0.124. The highest BCUT2D eigenvalue weighted by molar-refractivity contribution is 7.15. The molecule has 2 aromatic heterocycles. The van der Waals surface area contributed by atoms with Gasteiger partial charge in [-0.25, -0.2) is 4.98 Å². The number of amides is 1. The molecule has 0 saturated carbocycles. The molecule has 1 aliphatic rings. The maximum Gasteiger partial charge on any atom is 0.237 e. The first-order chi connectivity index (χ1) is 8.75. The number of thiazole rings is 1. The molecule has 3 heterocycles. The number of carbonyl (C=O) groups is 1. The number of rotatable bonds is 3. The largest absolute Gasteiger partial charge is 0.355 e. The molecule has 0 aromatic carbocycles. The lowest BCUT2D eigenvalue weighted by Crippen LogP contribution is -2.48. The third-order valence-electron chi connectivity index (χ3n) is 3.36. The van der Waals surface area contributed by atoms with Crippen LogP contribution in [0.4, 0.5) is 0 Å². The molecule has 2 aromatic rings. The van der Waals surface area contributed by atoms with Crippen molar-refractivity contribution in [1.29, 1.82) is 0 Å². The number of aromatic nitrogens is 2. The van der Waals surface area contributed by atoms with Crippen molar-refractivity contribution < 1.29 is 4.79 Å². The lowest BCUT2D eigenvalue weighted by atomic mass is 10.1. The fraction of sp³-hybridized carbons (Fsp3) is 0.500. The zero-order valence-electron chi connectivity index (χ0n) is 10.3. The van der Waals surface area contributed by atoms with Gasteiger partial charge in [0.1, 0.15) is 0 Å². The minimum absolute atomic E-state index is 0.0673. The monoisotopic (exact) mass is 264 g/mol. The SMILES string of the molecule is Cc1nc2sccn2c1CNC1CCCNC1=O. The van der Waals surface area contributed by atoms with Gasteiger partial charge in [-0.15, -0.1) is 11.3 Å². The Kier molecular flexibility index (Phi) is 3.05. The molecule has 0 bridgehead atoms. The fourth-order valence-corrected chi connectivity index (χ4v) is 3.12.